The van der Waals surface area contributed by atoms with E-state index in [-0.39, 0.29) is 17.7 Å². The van der Waals surface area contributed by atoms with Gasteiger partial charge < -0.3 is 14.6 Å². The topological polar surface area (TPSA) is 62.6 Å². The van der Waals surface area contributed by atoms with Crippen LogP contribution >= 0.6 is 0 Å². The lowest BCUT2D eigenvalue weighted by atomic mass is 9.97. The summed E-state index contributed by atoms with van der Waals surface area (Å²) in [5, 5.41) is 3.05. The minimum Gasteiger partial charge on any atom is -0.469 e. The first kappa shape index (κ1) is 20.9. The largest absolute Gasteiger partial charge is 0.469 e. The van der Waals surface area contributed by atoms with Crippen LogP contribution in [0.1, 0.15) is 35.4 Å². The Morgan fingerprint density at radius 2 is 1.74 bits per heavy atom. The third-order valence-corrected chi connectivity index (χ3v) is 5.84. The molecule has 2 aromatic carbocycles. The van der Waals surface area contributed by atoms with E-state index >= 15 is 0 Å². The fourth-order valence-corrected chi connectivity index (χ4v) is 4.09. The van der Waals surface area contributed by atoms with Crippen LogP contribution in [0.25, 0.3) is 11.1 Å². The number of carbonyl (C=O) groups is 2. The van der Waals surface area contributed by atoms with Gasteiger partial charge in [-0.15, -0.1) is 0 Å². The molecule has 4 rings (SSSR count). The lowest BCUT2D eigenvalue weighted by molar-refractivity contribution is -0.133. The van der Waals surface area contributed by atoms with Crippen molar-refractivity contribution < 1.29 is 14.0 Å². The number of nitrogens with one attached hydrogen (secondary N) is 1. The maximum Gasteiger partial charge on any atom is 0.251 e. The van der Waals surface area contributed by atoms with E-state index in [1.807, 2.05) is 59.5 Å². The quantitative estimate of drug-likeness (QED) is 0.615. The zero-order valence-corrected chi connectivity index (χ0v) is 17.6. The molecule has 1 unspecified atom stereocenters. The summed E-state index contributed by atoms with van der Waals surface area (Å²) in [6.07, 6.45) is 4.71. The van der Waals surface area contributed by atoms with E-state index in [1.54, 1.807) is 6.26 Å². The van der Waals surface area contributed by atoms with Crippen molar-refractivity contribution in [2.24, 2.45) is 5.92 Å². The second kappa shape index (κ2) is 10.1. The normalized spacial score (nSPS) is 16.1. The summed E-state index contributed by atoms with van der Waals surface area (Å²) in [6.45, 7) is 2.08. The molecule has 0 spiro atoms. The van der Waals surface area contributed by atoms with Crippen molar-refractivity contribution in [1.82, 2.24) is 10.2 Å². The van der Waals surface area contributed by atoms with E-state index in [9.17, 15) is 9.59 Å². The van der Waals surface area contributed by atoms with Crippen LogP contribution in [-0.4, -0.2) is 36.3 Å². The third kappa shape index (κ3) is 5.63. The van der Waals surface area contributed by atoms with Crippen molar-refractivity contribution in [2.75, 3.05) is 19.6 Å². The number of rotatable bonds is 7. The molecule has 1 aliphatic rings. The van der Waals surface area contributed by atoms with Crippen LogP contribution in [-0.2, 0) is 11.2 Å². The smallest absolute Gasteiger partial charge is 0.251 e. The molecule has 0 saturated carbocycles. The molecule has 160 valence electrons. The van der Waals surface area contributed by atoms with Gasteiger partial charge in [-0.1, -0.05) is 42.5 Å². The van der Waals surface area contributed by atoms with Crippen molar-refractivity contribution >= 4 is 11.8 Å². The van der Waals surface area contributed by atoms with E-state index < -0.39 is 0 Å². The standard InChI is InChI=1S/C26H28N2O3/c29-25(15-14-24-9-5-17-31-24)28-16-4-6-20(19-28)18-27-26(30)23-12-10-22(11-13-23)21-7-2-1-3-8-21/h1-3,5,7-13,17,20H,4,6,14-16,18-19H2,(H,27,30). The van der Waals surface area contributed by atoms with Gasteiger partial charge in [-0.05, 0) is 54.2 Å². The molecule has 1 atom stereocenters. The Balaban J connectivity index is 1.25. The maximum atomic E-state index is 12.6. The molecule has 2 heterocycles. The van der Waals surface area contributed by atoms with Crippen LogP contribution in [0, 0.1) is 5.92 Å². The third-order valence-electron chi connectivity index (χ3n) is 5.84. The van der Waals surface area contributed by atoms with E-state index in [1.165, 1.54) is 0 Å². The molecule has 0 aliphatic carbocycles. The average molecular weight is 417 g/mol. The molecule has 0 bridgehead atoms. The van der Waals surface area contributed by atoms with E-state index in [2.05, 4.69) is 17.4 Å². The van der Waals surface area contributed by atoms with Gasteiger partial charge in [0.25, 0.3) is 5.91 Å². The zero-order chi connectivity index (χ0) is 21.5. The molecule has 1 N–H and O–H groups in total. The summed E-state index contributed by atoms with van der Waals surface area (Å²) in [7, 11) is 0. The van der Waals surface area contributed by atoms with Gasteiger partial charge in [0, 0.05) is 38.0 Å². The Labute approximate surface area is 183 Å². The molecule has 1 aliphatic heterocycles. The first-order valence-corrected chi connectivity index (χ1v) is 10.9. The molecular formula is C26H28N2O3. The first-order chi connectivity index (χ1) is 15.2. The van der Waals surface area contributed by atoms with Crippen LogP contribution in [0.5, 0.6) is 0 Å². The molecule has 0 radical (unpaired) electrons. The molecule has 3 aromatic rings. The molecule has 31 heavy (non-hydrogen) atoms. The number of nitrogens with zero attached hydrogens (tertiary/aromatic N) is 1. The number of aryl methyl sites for hydroxylation is 1. The highest BCUT2D eigenvalue weighted by molar-refractivity contribution is 5.94. The monoisotopic (exact) mass is 416 g/mol. The van der Waals surface area contributed by atoms with Crippen LogP contribution < -0.4 is 5.32 Å². The average Bonchev–Trinajstić information content (AvgIpc) is 3.35. The lowest BCUT2D eigenvalue weighted by Crippen LogP contribution is -2.43. The fourth-order valence-electron chi connectivity index (χ4n) is 4.09. The predicted molar refractivity (Wildman–Crippen MR) is 121 cm³/mol. The maximum absolute atomic E-state index is 12.6. The molecule has 1 fully saturated rings. The molecular weight excluding hydrogens is 388 g/mol. The molecule has 1 aromatic heterocycles. The Morgan fingerprint density at radius 3 is 2.48 bits per heavy atom. The number of hydrogen-bond acceptors (Lipinski definition) is 3. The van der Waals surface area contributed by atoms with Gasteiger partial charge in [0.15, 0.2) is 0 Å². The summed E-state index contributed by atoms with van der Waals surface area (Å²) >= 11 is 0. The molecule has 5 nitrogen and oxygen atoms in total. The first-order valence-electron chi connectivity index (χ1n) is 10.9. The number of hydrogen-bond donors (Lipinski definition) is 1. The van der Waals surface area contributed by atoms with Crippen molar-refractivity contribution in [3.8, 4) is 11.1 Å². The van der Waals surface area contributed by atoms with Crippen LogP contribution in [0.15, 0.2) is 77.4 Å². The number of furan rings is 1. The SMILES string of the molecule is O=C(NCC1CCCN(C(=O)CCc2ccco2)C1)c1ccc(-c2ccccc2)cc1. The number of likely N-dealkylation sites (tertiary alicyclic amines) is 1. The minimum absolute atomic E-state index is 0.0686. The van der Waals surface area contributed by atoms with Gasteiger partial charge in [-0.25, -0.2) is 0 Å². The van der Waals surface area contributed by atoms with Crippen LogP contribution in [0.2, 0.25) is 0 Å². The van der Waals surface area contributed by atoms with Gasteiger partial charge >= 0.3 is 0 Å². The highest BCUT2D eigenvalue weighted by Crippen LogP contribution is 2.20. The van der Waals surface area contributed by atoms with Crippen molar-refractivity contribution in [2.45, 2.75) is 25.7 Å². The predicted octanol–water partition coefficient (Wildman–Crippen LogP) is 4.55. The van der Waals surface area contributed by atoms with E-state index in [0.717, 1.165) is 36.3 Å². The van der Waals surface area contributed by atoms with Crippen molar-refractivity contribution in [3.63, 3.8) is 0 Å². The summed E-state index contributed by atoms with van der Waals surface area (Å²) in [5.74, 6) is 1.21. The van der Waals surface area contributed by atoms with Crippen LogP contribution in [0.4, 0.5) is 0 Å². The van der Waals surface area contributed by atoms with Gasteiger partial charge in [-0.2, -0.15) is 0 Å². The van der Waals surface area contributed by atoms with Gasteiger partial charge in [0.1, 0.15) is 5.76 Å². The lowest BCUT2D eigenvalue weighted by Gasteiger charge is -2.33. The second-order valence-corrected chi connectivity index (χ2v) is 8.08. The Morgan fingerprint density at radius 1 is 0.968 bits per heavy atom. The van der Waals surface area contributed by atoms with Gasteiger partial charge in [0.2, 0.25) is 5.91 Å². The highest BCUT2D eigenvalue weighted by atomic mass is 16.3. The minimum atomic E-state index is -0.0686. The van der Waals surface area contributed by atoms with Crippen LogP contribution in [0.3, 0.4) is 0 Å². The second-order valence-electron chi connectivity index (χ2n) is 8.08. The number of benzene rings is 2. The summed E-state index contributed by atoms with van der Waals surface area (Å²) in [5.41, 5.74) is 2.88. The van der Waals surface area contributed by atoms with E-state index in [4.69, 9.17) is 4.42 Å². The Kier molecular flexibility index (Phi) is 6.82. The fraction of sp³-hybridized carbons (Fsp3) is 0.308. The molecule has 2 amide bonds. The zero-order valence-electron chi connectivity index (χ0n) is 17.6. The summed E-state index contributed by atoms with van der Waals surface area (Å²) < 4.78 is 5.31. The summed E-state index contributed by atoms with van der Waals surface area (Å²) in [6, 6.07) is 21.5. The number of piperidine rings is 1. The molecule has 1 saturated heterocycles. The number of carbonyl (C=O) groups excluding carboxylic acids is 2. The molecule has 5 heteroatoms. The Bertz CT molecular complexity index is 981. The van der Waals surface area contributed by atoms with Crippen molar-refractivity contribution in [1.29, 1.82) is 0 Å². The number of amides is 2. The Hall–Kier alpha value is -3.34. The highest BCUT2D eigenvalue weighted by Gasteiger charge is 2.24. The van der Waals surface area contributed by atoms with Gasteiger partial charge in [-0.3, -0.25) is 9.59 Å². The van der Waals surface area contributed by atoms with Gasteiger partial charge in [0.05, 0.1) is 6.26 Å². The van der Waals surface area contributed by atoms with E-state index in [0.29, 0.717) is 31.5 Å². The summed E-state index contributed by atoms with van der Waals surface area (Å²) in [4.78, 5) is 27.1. The van der Waals surface area contributed by atoms with Crippen molar-refractivity contribution in [3.05, 3.63) is 84.3 Å².